The van der Waals surface area contributed by atoms with Crippen molar-refractivity contribution in [3.05, 3.63) is 22.2 Å². The molecule has 1 fully saturated rings. The lowest BCUT2D eigenvalue weighted by atomic mass is 10.2. The molecule has 0 aromatic heterocycles. The van der Waals surface area contributed by atoms with Crippen LogP contribution < -0.4 is 9.47 Å². The summed E-state index contributed by atoms with van der Waals surface area (Å²) < 4.78 is 11.5. The summed E-state index contributed by atoms with van der Waals surface area (Å²) in [5, 5.41) is 8.96. The van der Waals surface area contributed by atoms with Crippen molar-refractivity contribution in [1.82, 2.24) is 0 Å². The van der Waals surface area contributed by atoms with E-state index in [1.807, 2.05) is 0 Å². The Morgan fingerprint density at radius 2 is 2.22 bits per heavy atom. The number of carboxylic acids is 1. The predicted molar refractivity (Wildman–Crippen MR) is 70.5 cm³/mol. The van der Waals surface area contributed by atoms with E-state index in [1.165, 1.54) is 32.1 Å². The summed E-state index contributed by atoms with van der Waals surface area (Å²) in [5.41, 5.74) is 0.174. The van der Waals surface area contributed by atoms with Gasteiger partial charge in [0, 0.05) is 0 Å². The van der Waals surface area contributed by atoms with Gasteiger partial charge in [0.1, 0.15) is 0 Å². The van der Waals surface area contributed by atoms with Gasteiger partial charge in [0.25, 0.3) is 0 Å². The van der Waals surface area contributed by atoms with E-state index in [-0.39, 0.29) is 5.56 Å². The largest absolute Gasteiger partial charge is 0.493 e. The van der Waals surface area contributed by atoms with Crippen molar-refractivity contribution in [2.24, 2.45) is 5.92 Å². The van der Waals surface area contributed by atoms with Gasteiger partial charge < -0.3 is 14.6 Å². The Kier molecular flexibility index (Phi) is 4.11. The SMILES string of the molecule is COc1cc(C(=O)O)cc(Br)c1OCCC1CC1. The highest BCUT2D eigenvalue weighted by Gasteiger charge is 2.21. The van der Waals surface area contributed by atoms with Crippen LogP contribution in [-0.4, -0.2) is 24.8 Å². The molecule has 0 atom stereocenters. The molecule has 0 bridgehead atoms. The fourth-order valence-electron chi connectivity index (χ4n) is 1.72. The molecule has 98 valence electrons. The lowest BCUT2D eigenvalue weighted by molar-refractivity contribution is 0.0696. The summed E-state index contributed by atoms with van der Waals surface area (Å²) in [7, 11) is 1.50. The highest BCUT2D eigenvalue weighted by molar-refractivity contribution is 9.10. The molecule has 1 saturated carbocycles. The van der Waals surface area contributed by atoms with Crippen molar-refractivity contribution in [3.8, 4) is 11.5 Å². The van der Waals surface area contributed by atoms with Crippen molar-refractivity contribution in [2.45, 2.75) is 19.3 Å². The molecule has 1 aromatic carbocycles. The number of carboxylic acid groups (broad SMARTS) is 1. The average Bonchev–Trinajstić information content (AvgIpc) is 3.14. The maximum Gasteiger partial charge on any atom is 0.335 e. The number of hydrogen-bond donors (Lipinski definition) is 1. The molecule has 1 N–H and O–H groups in total. The van der Waals surface area contributed by atoms with Crippen molar-refractivity contribution in [2.75, 3.05) is 13.7 Å². The number of hydrogen-bond acceptors (Lipinski definition) is 3. The smallest absolute Gasteiger partial charge is 0.335 e. The third kappa shape index (κ3) is 3.16. The van der Waals surface area contributed by atoms with E-state index in [1.54, 1.807) is 0 Å². The first-order chi connectivity index (χ1) is 8.61. The molecule has 2 rings (SSSR count). The molecule has 1 aliphatic carbocycles. The zero-order valence-electron chi connectivity index (χ0n) is 10.1. The molecule has 0 radical (unpaired) electrons. The van der Waals surface area contributed by atoms with E-state index in [0.717, 1.165) is 12.3 Å². The Balaban J connectivity index is 2.13. The Bertz CT molecular complexity index is 455. The van der Waals surface area contributed by atoms with Gasteiger partial charge in [-0.15, -0.1) is 0 Å². The van der Waals surface area contributed by atoms with Gasteiger partial charge in [0.15, 0.2) is 11.5 Å². The van der Waals surface area contributed by atoms with Gasteiger partial charge in [-0.3, -0.25) is 0 Å². The Labute approximate surface area is 114 Å². The lowest BCUT2D eigenvalue weighted by Crippen LogP contribution is -2.03. The van der Waals surface area contributed by atoms with Gasteiger partial charge in [-0.1, -0.05) is 12.8 Å². The van der Waals surface area contributed by atoms with Crippen LogP contribution in [0.2, 0.25) is 0 Å². The highest BCUT2D eigenvalue weighted by atomic mass is 79.9. The number of rotatable bonds is 6. The first kappa shape index (κ1) is 13.2. The minimum atomic E-state index is -0.987. The van der Waals surface area contributed by atoms with Crippen LogP contribution in [0.3, 0.4) is 0 Å². The number of ether oxygens (including phenoxy) is 2. The van der Waals surface area contributed by atoms with E-state index in [2.05, 4.69) is 15.9 Å². The summed E-state index contributed by atoms with van der Waals surface area (Å²) >= 11 is 3.32. The number of benzene rings is 1. The van der Waals surface area contributed by atoms with Crippen molar-refractivity contribution in [3.63, 3.8) is 0 Å². The standard InChI is InChI=1S/C13H15BrO4/c1-17-11-7-9(13(15)16)6-10(14)12(11)18-5-4-8-2-3-8/h6-8H,2-5H2,1H3,(H,15,16). The molecule has 1 aromatic rings. The Hall–Kier alpha value is -1.23. The van der Waals surface area contributed by atoms with Gasteiger partial charge in [-0.25, -0.2) is 4.79 Å². The number of halogens is 1. The quantitative estimate of drug-likeness (QED) is 0.875. The topological polar surface area (TPSA) is 55.8 Å². The second-order valence-electron chi connectivity index (χ2n) is 4.38. The molecular weight excluding hydrogens is 300 g/mol. The molecular formula is C13H15BrO4. The second kappa shape index (κ2) is 5.61. The Morgan fingerprint density at radius 3 is 2.78 bits per heavy atom. The van der Waals surface area contributed by atoms with Crippen LogP contribution in [0.15, 0.2) is 16.6 Å². The summed E-state index contributed by atoms with van der Waals surface area (Å²) in [4.78, 5) is 10.9. The minimum absolute atomic E-state index is 0.174. The maximum atomic E-state index is 10.9. The van der Waals surface area contributed by atoms with Crippen molar-refractivity contribution >= 4 is 21.9 Å². The molecule has 0 unspecified atom stereocenters. The summed E-state index contributed by atoms with van der Waals surface area (Å²) in [6, 6.07) is 3.00. The third-order valence-corrected chi connectivity index (χ3v) is 3.53. The van der Waals surface area contributed by atoms with Crippen LogP contribution in [0, 0.1) is 5.92 Å². The van der Waals surface area contributed by atoms with Crippen LogP contribution in [-0.2, 0) is 0 Å². The monoisotopic (exact) mass is 314 g/mol. The number of aromatic carboxylic acids is 1. The molecule has 0 aliphatic heterocycles. The van der Waals surface area contributed by atoms with Crippen LogP contribution in [0.4, 0.5) is 0 Å². The van der Waals surface area contributed by atoms with E-state index < -0.39 is 5.97 Å². The normalized spacial score (nSPS) is 14.3. The number of carbonyl (C=O) groups is 1. The lowest BCUT2D eigenvalue weighted by Gasteiger charge is -2.13. The Morgan fingerprint density at radius 1 is 1.50 bits per heavy atom. The molecule has 5 heteroatoms. The van der Waals surface area contributed by atoms with E-state index in [0.29, 0.717) is 22.6 Å². The molecule has 0 amide bonds. The van der Waals surface area contributed by atoms with E-state index >= 15 is 0 Å². The first-order valence-electron chi connectivity index (χ1n) is 5.85. The van der Waals surface area contributed by atoms with Gasteiger partial charge >= 0.3 is 5.97 Å². The van der Waals surface area contributed by atoms with Crippen LogP contribution in [0.5, 0.6) is 11.5 Å². The minimum Gasteiger partial charge on any atom is -0.493 e. The second-order valence-corrected chi connectivity index (χ2v) is 5.23. The maximum absolute atomic E-state index is 10.9. The zero-order valence-corrected chi connectivity index (χ0v) is 11.7. The van der Waals surface area contributed by atoms with Gasteiger partial charge in [0.2, 0.25) is 0 Å². The van der Waals surface area contributed by atoms with Crippen LogP contribution in [0.25, 0.3) is 0 Å². The van der Waals surface area contributed by atoms with Crippen molar-refractivity contribution in [1.29, 1.82) is 0 Å². The molecule has 0 spiro atoms. The van der Waals surface area contributed by atoms with E-state index in [4.69, 9.17) is 14.6 Å². The van der Waals surface area contributed by atoms with Crippen molar-refractivity contribution < 1.29 is 19.4 Å². The van der Waals surface area contributed by atoms with Gasteiger partial charge in [-0.2, -0.15) is 0 Å². The average molecular weight is 315 g/mol. The molecule has 18 heavy (non-hydrogen) atoms. The fourth-order valence-corrected chi connectivity index (χ4v) is 2.27. The molecule has 0 saturated heterocycles. The highest BCUT2D eigenvalue weighted by Crippen LogP contribution is 2.38. The predicted octanol–water partition coefficient (Wildman–Crippen LogP) is 3.33. The van der Waals surface area contributed by atoms with Gasteiger partial charge in [0.05, 0.1) is 23.8 Å². The third-order valence-electron chi connectivity index (χ3n) is 2.95. The zero-order chi connectivity index (χ0) is 13.1. The fraction of sp³-hybridized carbons (Fsp3) is 0.462. The molecule has 4 nitrogen and oxygen atoms in total. The number of methoxy groups -OCH3 is 1. The summed E-state index contributed by atoms with van der Waals surface area (Å²) in [6.45, 7) is 0.631. The van der Waals surface area contributed by atoms with Gasteiger partial charge in [-0.05, 0) is 40.4 Å². The summed E-state index contributed by atoms with van der Waals surface area (Å²) in [5.74, 6) is 0.826. The van der Waals surface area contributed by atoms with Crippen LogP contribution >= 0.6 is 15.9 Å². The van der Waals surface area contributed by atoms with Crippen LogP contribution in [0.1, 0.15) is 29.6 Å². The summed E-state index contributed by atoms with van der Waals surface area (Å²) in [6.07, 6.45) is 3.62. The first-order valence-corrected chi connectivity index (χ1v) is 6.64. The van der Waals surface area contributed by atoms with E-state index in [9.17, 15) is 4.79 Å². The molecule has 1 aliphatic rings. The molecule has 0 heterocycles.